The number of anilines is 1. The molecule has 0 saturated heterocycles. The van der Waals surface area contributed by atoms with Crippen molar-refractivity contribution in [2.24, 2.45) is 0 Å². The number of nitrogens with zero attached hydrogens (tertiary/aromatic N) is 1. The number of sulfone groups is 1. The molecule has 0 heterocycles. The number of nitriles is 1. The van der Waals surface area contributed by atoms with Gasteiger partial charge in [-0.2, -0.15) is 5.26 Å². The molecule has 0 aliphatic heterocycles. The van der Waals surface area contributed by atoms with Crippen molar-refractivity contribution < 1.29 is 13.2 Å². The monoisotopic (exact) mass is 266 g/mol. The molecule has 1 aromatic carbocycles. The van der Waals surface area contributed by atoms with Gasteiger partial charge in [-0.05, 0) is 26.0 Å². The van der Waals surface area contributed by atoms with Crippen LogP contribution >= 0.6 is 0 Å². The van der Waals surface area contributed by atoms with E-state index in [-0.39, 0.29) is 0 Å². The molecule has 0 radical (unpaired) electrons. The van der Waals surface area contributed by atoms with Gasteiger partial charge in [0.1, 0.15) is 11.8 Å². The van der Waals surface area contributed by atoms with E-state index in [0.717, 1.165) is 0 Å². The molecule has 1 rings (SSSR count). The van der Waals surface area contributed by atoms with Crippen molar-refractivity contribution in [2.45, 2.75) is 19.1 Å². The topological polar surface area (TPSA) is 87.0 Å². The third-order valence-corrected chi connectivity index (χ3v) is 4.47. The quantitative estimate of drug-likeness (QED) is 0.890. The van der Waals surface area contributed by atoms with Crippen molar-refractivity contribution in [1.29, 1.82) is 5.26 Å². The number of nitrogens with one attached hydrogen (secondary N) is 1. The van der Waals surface area contributed by atoms with Crippen molar-refractivity contribution in [3.63, 3.8) is 0 Å². The fraction of sp³-hybridized carbons (Fsp3) is 0.333. The highest BCUT2D eigenvalue weighted by molar-refractivity contribution is 7.92. The molecule has 0 unspecified atom stereocenters. The van der Waals surface area contributed by atoms with Crippen LogP contribution in [0.15, 0.2) is 24.3 Å². The largest absolute Gasteiger partial charge is 0.324 e. The molecule has 0 aliphatic rings. The summed E-state index contributed by atoms with van der Waals surface area (Å²) in [4.78, 5) is 11.6. The minimum Gasteiger partial charge on any atom is -0.324 e. The van der Waals surface area contributed by atoms with Crippen molar-refractivity contribution in [2.75, 3.05) is 11.1 Å². The molecule has 0 aromatic heterocycles. The first-order valence-corrected chi connectivity index (χ1v) is 7.09. The molecule has 0 spiro atoms. The van der Waals surface area contributed by atoms with Crippen LogP contribution in [0.5, 0.6) is 0 Å². The lowest BCUT2D eigenvalue weighted by Crippen LogP contribution is -2.28. The van der Waals surface area contributed by atoms with Gasteiger partial charge in [0.05, 0.1) is 16.5 Å². The average molecular weight is 266 g/mol. The van der Waals surface area contributed by atoms with E-state index >= 15 is 0 Å². The first-order valence-electron chi connectivity index (χ1n) is 5.37. The summed E-state index contributed by atoms with van der Waals surface area (Å²) in [6.07, 6.45) is 0. The van der Waals surface area contributed by atoms with E-state index in [1.54, 1.807) is 24.3 Å². The lowest BCUT2D eigenvalue weighted by Gasteiger charge is -2.09. The second-order valence-electron chi connectivity index (χ2n) is 4.06. The number of hydrogen-bond acceptors (Lipinski definition) is 4. The number of carbonyl (C=O) groups is 1. The minimum absolute atomic E-state index is 0.299. The first kappa shape index (κ1) is 14.2. The van der Waals surface area contributed by atoms with Crippen LogP contribution in [0.1, 0.15) is 19.4 Å². The summed E-state index contributed by atoms with van der Waals surface area (Å²) < 4.78 is 23.1. The smallest absolute Gasteiger partial charge is 0.239 e. The normalized spacial score (nSPS) is 11.0. The Morgan fingerprint density at radius 1 is 1.39 bits per heavy atom. The molecule has 5 nitrogen and oxygen atoms in total. The summed E-state index contributed by atoms with van der Waals surface area (Å²) in [5.74, 6) is -1.21. The van der Waals surface area contributed by atoms with Gasteiger partial charge in [-0.3, -0.25) is 4.79 Å². The fourth-order valence-electron chi connectivity index (χ4n) is 1.23. The second-order valence-corrected chi connectivity index (χ2v) is 6.62. The number of amides is 1. The molecule has 1 N–H and O–H groups in total. The molecule has 96 valence electrons. The standard InChI is InChI=1S/C12H14N2O3S/c1-9(2)18(16,17)8-12(15)14-11-6-4-3-5-10(11)7-13/h3-6,9H,8H2,1-2H3,(H,14,15). The van der Waals surface area contributed by atoms with Gasteiger partial charge in [-0.15, -0.1) is 0 Å². The van der Waals surface area contributed by atoms with Crippen LogP contribution in [0, 0.1) is 11.3 Å². The van der Waals surface area contributed by atoms with Gasteiger partial charge in [0.15, 0.2) is 9.84 Å². The Hall–Kier alpha value is -1.87. The SMILES string of the molecule is CC(C)S(=O)(=O)CC(=O)Nc1ccccc1C#N. The van der Waals surface area contributed by atoms with Crippen molar-refractivity contribution in [3.05, 3.63) is 29.8 Å². The van der Waals surface area contributed by atoms with E-state index in [0.29, 0.717) is 11.3 Å². The predicted molar refractivity (Wildman–Crippen MR) is 68.7 cm³/mol. The van der Waals surface area contributed by atoms with Crippen molar-refractivity contribution in [1.82, 2.24) is 0 Å². The zero-order valence-corrected chi connectivity index (χ0v) is 11.0. The highest BCUT2D eigenvalue weighted by Crippen LogP contribution is 2.13. The molecule has 0 atom stereocenters. The van der Waals surface area contributed by atoms with E-state index in [2.05, 4.69) is 5.32 Å². The van der Waals surface area contributed by atoms with E-state index in [1.165, 1.54) is 13.8 Å². The molecule has 0 saturated carbocycles. The molecule has 1 aromatic rings. The zero-order valence-electron chi connectivity index (χ0n) is 10.2. The Kier molecular flexibility index (Phi) is 4.45. The van der Waals surface area contributed by atoms with E-state index in [9.17, 15) is 13.2 Å². The van der Waals surface area contributed by atoms with Gasteiger partial charge < -0.3 is 5.32 Å². The van der Waals surface area contributed by atoms with Crippen LogP contribution in [-0.2, 0) is 14.6 Å². The Balaban J connectivity index is 2.81. The van der Waals surface area contributed by atoms with Gasteiger partial charge in [-0.25, -0.2) is 8.42 Å². The Morgan fingerprint density at radius 3 is 2.56 bits per heavy atom. The number of hydrogen-bond donors (Lipinski definition) is 1. The summed E-state index contributed by atoms with van der Waals surface area (Å²) in [7, 11) is -3.43. The maximum Gasteiger partial charge on any atom is 0.239 e. The molecule has 0 aliphatic carbocycles. The number of carbonyl (C=O) groups excluding carboxylic acids is 1. The molecular weight excluding hydrogens is 252 g/mol. The number of para-hydroxylation sites is 1. The minimum atomic E-state index is -3.43. The molecule has 18 heavy (non-hydrogen) atoms. The van der Waals surface area contributed by atoms with Crippen LogP contribution < -0.4 is 5.32 Å². The van der Waals surface area contributed by atoms with E-state index < -0.39 is 26.7 Å². The zero-order chi connectivity index (χ0) is 13.8. The third-order valence-electron chi connectivity index (χ3n) is 2.37. The van der Waals surface area contributed by atoms with Gasteiger partial charge in [0.25, 0.3) is 0 Å². The second kappa shape index (κ2) is 5.65. The Labute approximate surface area is 106 Å². The molecule has 1 amide bonds. The third kappa shape index (κ3) is 3.57. The fourth-order valence-corrected chi connectivity index (χ4v) is 2.00. The summed E-state index contributed by atoms with van der Waals surface area (Å²) in [5, 5.41) is 10.7. The predicted octanol–water partition coefficient (Wildman–Crippen LogP) is 1.32. The van der Waals surface area contributed by atoms with Crippen LogP contribution in [0.4, 0.5) is 5.69 Å². The van der Waals surface area contributed by atoms with Gasteiger partial charge in [-0.1, -0.05) is 12.1 Å². The summed E-state index contributed by atoms with van der Waals surface area (Å²) in [5.41, 5.74) is 0.622. The van der Waals surface area contributed by atoms with E-state index in [4.69, 9.17) is 5.26 Å². The highest BCUT2D eigenvalue weighted by Gasteiger charge is 2.21. The summed E-state index contributed by atoms with van der Waals surface area (Å²) in [6.45, 7) is 3.04. The van der Waals surface area contributed by atoms with Crippen LogP contribution in [0.3, 0.4) is 0 Å². The van der Waals surface area contributed by atoms with Gasteiger partial charge >= 0.3 is 0 Å². The average Bonchev–Trinajstić information content (AvgIpc) is 2.28. The molecule has 6 heteroatoms. The highest BCUT2D eigenvalue weighted by atomic mass is 32.2. The van der Waals surface area contributed by atoms with Gasteiger partial charge in [0.2, 0.25) is 5.91 Å². The maximum absolute atomic E-state index is 11.6. The van der Waals surface area contributed by atoms with E-state index in [1.807, 2.05) is 6.07 Å². The van der Waals surface area contributed by atoms with Crippen LogP contribution in [-0.4, -0.2) is 25.3 Å². The number of rotatable bonds is 4. The molecular formula is C12H14N2O3S. The lowest BCUT2D eigenvalue weighted by atomic mass is 10.2. The lowest BCUT2D eigenvalue weighted by molar-refractivity contribution is -0.113. The van der Waals surface area contributed by atoms with Crippen LogP contribution in [0.2, 0.25) is 0 Å². The summed E-state index contributed by atoms with van der Waals surface area (Å²) >= 11 is 0. The van der Waals surface area contributed by atoms with Crippen molar-refractivity contribution in [3.8, 4) is 6.07 Å². The van der Waals surface area contributed by atoms with Crippen molar-refractivity contribution >= 4 is 21.4 Å². The molecule has 0 bridgehead atoms. The Bertz CT molecular complexity index is 586. The molecule has 0 fully saturated rings. The summed E-state index contributed by atoms with van der Waals surface area (Å²) in [6, 6.07) is 8.35. The first-order chi connectivity index (χ1) is 8.36. The Morgan fingerprint density at radius 2 is 2.00 bits per heavy atom. The maximum atomic E-state index is 11.6. The van der Waals surface area contributed by atoms with Gasteiger partial charge in [0, 0.05) is 0 Å². The number of benzene rings is 1. The van der Waals surface area contributed by atoms with Crippen LogP contribution in [0.25, 0.3) is 0 Å².